The van der Waals surface area contributed by atoms with Gasteiger partial charge in [0, 0.05) is 27.6 Å². The molecule has 7 nitrogen and oxygen atoms in total. The van der Waals surface area contributed by atoms with Gasteiger partial charge >= 0.3 is 0 Å². The summed E-state index contributed by atoms with van der Waals surface area (Å²) in [5, 5.41) is 20.4. The summed E-state index contributed by atoms with van der Waals surface area (Å²) >= 11 is 7.85. The lowest BCUT2D eigenvalue weighted by Gasteiger charge is -2.08. The molecule has 27 heavy (non-hydrogen) atoms. The highest BCUT2D eigenvalue weighted by molar-refractivity contribution is 9.13. The summed E-state index contributed by atoms with van der Waals surface area (Å²) in [4.78, 5) is 24.8. The molecule has 0 spiro atoms. The molecule has 10 heteroatoms. The zero-order chi connectivity index (χ0) is 19.6. The Hall–Kier alpha value is -2.17. The van der Waals surface area contributed by atoms with Gasteiger partial charge in [0.15, 0.2) is 5.69 Å². The Morgan fingerprint density at radius 2 is 1.89 bits per heavy atom. The van der Waals surface area contributed by atoms with E-state index in [-0.39, 0.29) is 11.4 Å². The third-order valence-electron chi connectivity index (χ3n) is 3.50. The molecule has 0 saturated carbocycles. The van der Waals surface area contributed by atoms with Crippen LogP contribution in [0.3, 0.4) is 0 Å². The Bertz CT molecular complexity index is 1020. The monoisotopic (exact) mass is 510 g/mol. The first-order valence-electron chi connectivity index (χ1n) is 7.58. The maximum Gasteiger partial charge on any atom is 0.277 e. The van der Waals surface area contributed by atoms with E-state index < -0.39 is 10.8 Å². The number of hydrogen-bond donors (Lipinski definition) is 2. The first-order chi connectivity index (χ1) is 12.8. The smallest absolute Gasteiger partial charge is 0.277 e. The van der Waals surface area contributed by atoms with Gasteiger partial charge in [-0.3, -0.25) is 20.0 Å². The molecule has 0 aliphatic heterocycles. The van der Waals surface area contributed by atoms with Crippen LogP contribution in [0.5, 0.6) is 0 Å². The summed E-state index contributed by atoms with van der Waals surface area (Å²) in [5.41, 5.74) is 1.47. The maximum absolute atomic E-state index is 12.4. The van der Waals surface area contributed by atoms with Crippen molar-refractivity contribution in [3.63, 3.8) is 0 Å². The molecule has 138 valence electrons. The standard InChI is InChI=1S/C17H12Br2N4O3S/c1-9-2-4-12(5-3-9)27-13-7-10(6-11(8-13)23(25)26)20-17(24)15-14(18)16(19)22-21-15/h2-8H,1H3,(H,20,24)(H,21,22). The van der Waals surface area contributed by atoms with Crippen LogP contribution < -0.4 is 5.32 Å². The summed E-state index contributed by atoms with van der Waals surface area (Å²) in [6.45, 7) is 1.99. The van der Waals surface area contributed by atoms with Crippen molar-refractivity contribution in [1.29, 1.82) is 0 Å². The van der Waals surface area contributed by atoms with Gasteiger partial charge in [-0.15, -0.1) is 0 Å². The maximum atomic E-state index is 12.4. The number of nitrogens with zero attached hydrogens (tertiary/aromatic N) is 2. The topological polar surface area (TPSA) is 101 Å². The Morgan fingerprint density at radius 3 is 2.48 bits per heavy atom. The highest BCUT2D eigenvalue weighted by Crippen LogP contribution is 2.33. The predicted molar refractivity (Wildman–Crippen MR) is 110 cm³/mol. The Labute approximate surface area is 175 Å². The lowest BCUT2D eigenvalue weighted by Crippen LogP contribution is -2.13. The third-order valence-corrected chi connectivity index (χ3v) is 6.36. The van der Waals surface area contributed by atoms with E-state index in [1.54, 1.807) is 6.07 Å². The third kappa shape index (κ3) is 4.76. The van der Waals surface area contributed by atoms with E-state index in [4.69, 9.17) is 0 Å². The SMILES string of the molecule is Cc1ccc(Sc2cc(NC(=O)c3n[nH]c(Br)c3Br)cc([N+](=O)[O-])c2)cc1. The van der Waals surface area contributed by atoms with Crippen LogP contribution in [0.15, 0.2) is 61.3 Å². The number of benzene rings is 2. The summed E-state index contributed by atoms with van der Waals surface area (Å²) in [6.07, 6.45) is 0. The van der Waals surface area contributed by atoms with Crippen molar-refractivity contribution in [1.82, 2.24) is 10.2 Å². The number of aryl methyl sites for hydroxylation is 1. The normalized spacial score (nSPS) is 10.6. The second-order valence-corrected chi connectivity index (χ2v) is 8.28. The molecule has 3 rings (SSSR count). The molecule has 2 aromatic carbocycles. The number of rotatable bonds is 5. The number of carbonyl (C=O) groups excluding carboxylic acids is 1. The molecule has 1 aromatic heterocycles. The van der Waals surface area contributed by atoms with Gasteiger partial charge < -0.3 is 5.32 Å². The lowest BCUT2D eigenvalue weighted by molar-refractivity contribution is -0.385. The summed E-state index contributed by atoms with van der Waals surface area (Å²) in [7, 11) is 0. The van der Waals surface area contributed by atoms with Crippen LogP contribution in [0.4, 0.5) is 11.4 Å². The number of halogens is 2. The summed E-state index contributed by atoms with van der Waals surface area (Å²) in [5.74, 6) is -0.490. The predicted octanol–water partition coefficient (Wildman–Crippen LogP) is 5.55. The van der Waals surface area contributed by atoms with Crippen molar-refractivity contribution >= 4 is 60.9 Å². The highest BCUT2D eigenvalue weighted by atomic mass is 79.9. The molecule has 0 unspecified atom stereocenters. The number of hydrogen-bond acceptors (Lipinski definition) is 5. The van der Waals surface area contributed by atoms with Crippen LogP contribution in [0.1, 0.15) is 16.1 Å². The number of aromatic nitrogens is 2. The van der Waals surface area contributed by atoms with E-state index in [9.17, 15) is 14.9 Å². The van der Waals surface area contributed by atoms with Crippen LogP contribution in [-0.4, -0.2) is 21.0 Å². The Morgan fingerprint density at radius 1 is 1.19 bits per heavy atom. The minimum absolute atomic E-state index is 0.107. The highest BCUT2D eigenvalue weighted by Gasteiger charge is 2.18. The molecule has 2 N–H and O–H groups in total. The average molecular weight is 512 g/mol. The van der Waals surface area contributed by atoms with E-state index in [0.717, 1.165) is 10.5 Å². The van der Waals surface area contributed by atoms with Crippen LogP contribution in [0.25, 0.3) is 0 Å². The van der Waals surface area contributed by atoms with Crippen LogP contribution in [-0.2, 0) is 0 Å². The molecule has 0 saturated heterocycles. The van der Waals surface area contributed by atoms with Crippen LogP contribution in [0.2, 0.25) is 0 Å². The van der Waals surface area contributed by atoms with Crippen molar-refractivity contribution in [2.45, 2.75) is 16.7 Å². The second-order valence-electron chi connectivity index (χ2n) is 5.54. The van der Waals surface area contributed by atoms with Crippen molar-refractivity contribution in [2.75, 3.05) is 5.32 Å². The van der Waals surface area contributed by atoms with Gasteiger partial charge in [0.1, 0.15) is 4.60 Å². The van der Waals surface area contributed by atoms with E-state index in [0.29, 0.717) is 19.7 Å². The zero-order valence-corrected chi connectivity index (χ0v) is 17.8. The number of nitrogens with one attached hydrogen (secondary N) is 2. The van der Waals surface area contributed by atoms with E-state index >= 15 is 0 Å². The fourth-order valence-electron chi connectivity index (χ4n) is 2.21. The molecule has 3 aromatic rings. The Kier molecular flexibility index (Phi) is 5.98. The van der Waals surface area contributed by atoms with Crippen molar-refractivity contribution < 1.29 is 9.72 Å². The van der Waals surface area contributed by atoms with Crippen molar-refractivity contribution in [3.05, 3.63) is 72.9 Å². The number of anilines is 1. The van der Waals surface area contributed by atoms with E-state index in [2.05, 4.69) is 47.4 Å². The summed E-state index contributed by atoms with van der Waals surface area (Å²) in [6, 6.07) is 12.3. The lowest BCUT2D eigenvalue weighted by atomic mass is 10.2. The molecule has 0 aliphatic rings. The van der Waals surface area contributed by atoms with Crippen molar-refractivity contribution in [2.24, 2.45) is 0 Å². The number of non-ortho nitro benzene ring substituents is 1. The van der Waals surface area contributed by atoms with Gasteiger partial charge in [0.2, 0.25) is 0 Å². The minimum atomic E-state index is -0.490. The van der Waals surface area contributed by atoms with Gasteiger partial charge in [-0.25, -0.2) is 0 Å². The fraction of sp³-hybridized carbons (Fsp3) is 0.0588. The largest absolute Gasteiger partial charge is 0.320 e. The number of amides is 1. The zero-order valence-electron chi connectivity index (χ0n) is 13.8. The van der Waals surface area contributed by atoms with Gasteiger partial charge in [-0.05, 0) is 57.0 Å². The van der Waals surface area contributed by atoms with Crippen LogP contribution in [0, 0.1) is 17.0 Å². The first kappa shape index (κ1) is 19.6. The summed E-state index contributed by atoms with van der Waals surface area (Å²) < 4.78 is 1.00. The average Bonchev–Trinajstić information content (AvgIpc) is 2.96. The second kappa shape index (κ2) is 8.24. The molecule has 0 aliphatic carbocycles. The Balaban J connectivity index is 1.89. The molecular weight excluding hydrogens is 500 g/mol. The number of nitro groups is 1. The molecule has 0 atom stereocenters. The number of nitro benzene ring substituents is 1. The quantitative estimate of drug-likeness (QED) is 0.345. The molecule has 1 heterocycles. The minimum Gasteiger partial charge on any atom is -0.320 e. The molecule has 0 bridgehead atoms. The molecular formula is C17H12Br2N4O3S. The molecule has 1 amide bonds. The van der Waals surface area contributed by atoms with E-state index in [1.807, 2.05) is 31.2 Å². The van der Waals surface area contributed by atoms with Crippen LogP contribution >= 0.6 is 43.6 Å². The van der Waals surface area contributed by atoms with Gasteiger partial charge in [-0.2, -0.15) is 5.10 Å². The van der Waals surface area contributed by atoms with E-state index in [1.165, 1.54) is 23.9 Å². The van der Waals surface area contributed by atoms with Gasteiger partial charge in [0.05, 0.1) is 9.40 Å². The number of H-pyrrole nitrogens is 1. The number of carbonyl (C=O) groups is 1. The molecule has 0 radical (unpaired) electrons. The molecule has 0 fully saturated rings. The number of aromatic amines is 1. The van der Waals surface area contributed by atoms with Crippen molar-refractivity contribution in [3.8, 4) is 0 Å². The fourth-order valence-corrected chi connectivity index (χ4v) is 3.75. The van der Waals surface area contributed by atoms with Gasteiger partial charge in [0.25, 0.3) is 11.6 Å². The first-order valence-corrected chi connectivity index (χ1v) is 9.98. The van der Waals surface area contributed by atoms with Gasteiger partial charge in [-0.1, -0.05) is 29.5 Å².